The monoisotopic (exact) mass is 789 g/mol. The molecule has 1 aliphatic rings. The number of amides is 2. The van der Waals surface area contributed by atoms with E-state index in [4.69, 9.17) is 9.47 Å². The van der Waals surface area contributed by atoms with E-state index in [2.05, 4.69) is 24.5 Å². The highest BCUT2D eigenvalue weighted by Gasteiger charge is 2.44. The number of unbranched alkanes of at least 4 members (excludes halogenated alkanes) is 22. The van der Waals surface area contributed by atoms with Crippen molar-refractivity contribution in [1.82, 2.24) is 10.6 Å². The first-order valence-corrected chi connectivity index (χ1v) is 22.5. The molecule has 0 aliphatic carbocycles. The van der Waals surface area contributed by atoms with E-state index in [0.717, 1.165) is 83.6 Å². The van der Waals surface area contributed by atoms with Crippen LogP contribution in [0.3, 0.4) is 0 Å². The van der Waals surface area contributed by atoms with Crippen molar-refractivity contribution in [1.29, 1.82) is 0 Å². The van der Waals surface area contributed by atoms with Crippen molar-refractivity contribution < 1.29 is 49.7 Å². The molecule has 326 valence electrons. The number of aliphatic hydroxyl groups excluding tert-OH is 6. The van der Waals surface area contributed by atoms with Crippen LogP contribution in [0.15, 0.2) is 0 Å². The van der Waals surface area contributed by atoms with E-state index in [0.29, 0.717) is 19.3 Å². The standard InChI is InChI=1S/C43H84N2O10/c1-3-5-7-9-11-12-13-14-15-17-20-24-28-35(47)39(50)34(33-54-43-42(53)41(52)40(51)36(32-46)55-43)45-38(49)30-26-22-18-16-19-23-27-31-44-37(48)29-25-21-10-8-6-4-2/h34-36,39-43,46-47,50-53H,3-33H2,1-2H3,(H,44,48)(H,45,49)/t34-,35+,36+,39-,40-,41-,42+,43-/m0/s1. The molecule has 55 heavy (non-hydrogen) atoms. The van der Waals surface area contributed by atoms with Gasteiger partial charge in [0.25, 0.3) is 0 Å². The number of carbonyl (C=O) groups is 2. The first-order valence-electron chi connectivity index (χ1n) is 22.5. The molecule has 0 aromatic rings. The van der Waals surface area contributed by atoms with Gasteiger partial charge in [-0.05, 0) is 25.7 Å². The van der Waals surface area contributed by atoms with Crippen molar-refractivity contribution in [3.63, 3.8) is 0 Å². The maximum Gasteiger partial charge on any atom is 0.220 e. The van der Waals surface area contributed by atoms with E-state index in [9.17, 15) is 40.2 Å². The molecule has 0 unspecified atom stereocenters. The second-order valence-corrected chi connectivity index (χ2v) is 16.0. The van der Waals surface area contributed by atoms with Gasteiger partial charge in [0.15, 0.2) is 6.29 Å². The summed E-state index contributed by atoms with van der Waals surface area (Å²) in [6.07, 6.45) is 19.3. The molecular weight excluding hydrogens is 704 g/mol. The number of rotatable bonds is 37. The highest BCUT2D eigenvalue weighted by Crippen LogP contribution is 2.23. The molecule has 1 fully saturated rings. The van der Waals surface area contributed by atoms with Crippen LogP contribution >= 0.6 is 0 Å². The quantitative estimate of drug-likeness (QED) is 0.0341. The molecule has 0 aromatic carbocycles. The van der Waals surface area contributed by atoms with Gasteiger partial charge in [-0.3, -0.25) is 9.59 Å². The molecule has 1 aliphatic heterocycles. The molecule has 0 aromatic heterocycles. The smallest absolute Gasteiger partial charge is 0.220 e. The van der Waals surface area contributed by atoms with Crippen LogP contribution in [0.1, 0.15) is 194 Å². The average Bonchev–Trinajstić information content (AvgIpc) is 3.18. The summed E-state index contributed by atoms with van der Waals surface area (Å²) in [6, 6.07) is -1.02. The predicted octanol–water partition coefficient (Wildman–Crippen LogP) is 6.09. The lowest BCUT2D eigenvalue weighted by molar-refractivity contribution is -0.303. The van der Waals surface area contributed by atoms with E-state index in [-0.39, 0.29) is 24.8 Å². The third-order valence-corrected chi connectivity index (χ3v) is 11.0. The molecule has 1 heterocycles. The molecule has 0 saturated carbocycles. The second kappa shape index (κ2) is 34.6. The van der Waals surface area contributed by atoms with Crippen LogP contribution in [-0.4, -0.2) is 111 Å². The number of ether oxygens (including phenoxy) is 2. The summed E-state index contributed by atoms with van der Waals surface area (Å²) in [5, 5.41) is 68.0. The van der Waals surface area contributed by atoms with Crippen molar-refractivity contribution in [3.05, 3.63) is 0 Å². The Labute approximate surface area is 333 Å². The second-order valence-electron chi connectivity index (χ2n) is 16.0. The third kappa shape index (κ3) is 25.6. The summed E-state index contributed by atoms with van der Waals surface area (Å²) in [5.41, 5.74) is 0. The minimum absolute atomic E-state index is 0.151. The molecule has 0 bridgehead atoms. The number of carbonyl (C=O) groups excluding carboxylic acids is 2. The molecular formula is C43H84N2O10. The lowest BCUT2D eigenvalue weighted by Gasteiger charge is -2.40. The van der Waals surface area contributed by atoms with E-state index in [1.165, 1.54) is 77.0 Å². The topological polar surface area (TPSA) is 198 Å². The molecule has 0 radical (unpaired) electrons. The van der Waals surface area contributed by atoms with Gasteiger partial charge >= 0.3 is 0 Å². The van der Waals surface area contributed by atoms with Gasteiger partial charge in [0.2, 0.25) is 11.8 Å². The van der Waals surface area contributed by atoms with E-state index in [1.807, 2.05) is 0 Å². The summed E-state index contributed by atoms with van der Waals surface area (Å²) in [4.78, 5) is 25.0. The number of aliphatic hydroxyl groups is 6. The van der Waals surface area contributed by atoms with Crippen LogP contribution in [-0.2, 0) is 19.1 Å². The maximum absolute atomic E-state index is 13.0. The SMILES string of the molecule is CCCCCCCCCCCCCC[C@@H](O)[C@@H](O)[C@H](CO[C@H]1O[C@H](CO)[C@H](O)[C@H](O)[C@H]1O)NC(=O)CCCCCCCCCNC(=O)CCCCCCCC. The van der Waals surface area contributed by atoms with Gasteiger partial charge in [-0.1, -0.05) is 155 Å². The Kier molecular flexibility index (Phi) is 32.5. The average molecular weight is 789 g/mol. The zero-order valence-electron chi connectivity index (χ0n) is 34.9. The lowest BCUT2D eigenvalue weighted by atomic mass is 9.98. The zero-order chi connectivity index (χ0) is 40.5. The summed E-state index contributed by atoms with van der Waals surface area (Å²) in [5.74, 6) is -0.145. The van der Waals surface area contributed by atoms with Gasteiger partial charge in [-0.2, -0.15) is 0 Å². The first-order chi connectivity index (χ1) is 26.7. The van der Waals surface area contributed by atoms with Crippen molar-refractivity contribution in [2.24, 2.45) is 0 Å². The Hall–Kier alpha value is -1.38. The van der Waals surface area contributed by atoms with Gasteiger partial charge < -0.3 is 50.7 Å². The van der Waals surface area contributed by atoms with Crippen LogP contribution in [0.2, 0.25) is 0 Å². The largest absolute Gasteiger partial charge is 0.394 e. The zero-order valence-corrected chi connectivity index (χ0v) is 34.9. The predicted molar refractivity (Wildman–Crippen MR) is 217 cm³/mol. The Morgan fingerprint density at radius 3 is 1.56 bits per heavy atom. The summed E-state index contributed by atoms with van der Waals surface area (Å²) < 4.78 is 11.1. The lowest BCUT2D eigenvalue weighted by Crippen LogP contribution is -2.60. The van der Waals surface area contributed by atoms with Crippen LogP contribution in [0, 0.1) is 0 Å². The van der Waals surface area contributed by atoms with Crippen LogP contribution in [0.25, 0.3) is 0 Å². The minimum Gasteiger partial charge on any atom is -0.394 e. The minimum atomic E-state index is -1.62. The first kappa shape index (κ1) is 51.6. The normalized spacial score (nSPS) is 21.6. The highest BCUT2D eigenvalue weighted by molar-refractivity contribution is 5.76. The highest BCUT2D eigenvalue weighted by atomic mass is 16.7. The summed E-state index contributed by atoms with van der Waals surface area (Å²) >= 11 is 0. The Morgan fingerprint density at radius 2 is 1.05 bits per heavy atom. The summed E-state index contributed by atoms with van der Waals surface area (Å²) in [7, 11) is 0. The van der Waals surface area contributed by atoms with Gasteiger partial charge in [0.05, 0.1) is 25.4 Å². The fraction of sp³-hybridized carbons (Fsp3) is 0.953. The molecule has 8 atom stereocenters. The van der Waals surface area contributed by atoms with E-state index >= 15 is 0 Å². The Bertz CT molecular complexity index is 913. The Balaban J connectivity index is 2.40. The number of hydrogen-bond acceptors (Lipinski definition) is 10. The molecule has 12 nitrogen and oxygen atoms in total. The number of hydrogen-bond donors (Lipinski definition) is 8. The fourth-order valence-electron chi connectivity index (χ4n) is 7.22. The van der Waals surface area contributed by atoms with Crippen LogP contribution in [0.5, 0.6) is 0 Å². The van der Waals surface area contributed by atoms with Gasteiger partial charge in [0.1, 0.15) is 30.5 Å². The molecule has 0 spiro atoms. The Morgan fingerprint density at radius 1 is 0.600 bits per heavy atom. The number of nitrogens with one attached hydrogen (secondary N) is 2. The van der Waals surface area contributed by atoms with E-state index < -0.39 is 55.6 Å². The molecule has 2 amide bonds. The van der Waals surface area contributed by atoms with Crippen molar-refractivity contribution in [3.8, 4) is 0 Å². The van der Waals surface area contributed by atoms with Crippen LogP contribution < -0.4 is 10.6 Å². The molecule has 1 saturated heterocycles. The maximum atomic E-state index is 13.0. The molecule has 12 heteroatoms. The molecule has 1 rings (SSSR count). The van der Waals surface area contributed by atoms with Gasteiger partial charge in [-0.15, -0.1) is 0 Å². The summed E-state index contributed by atoms with van der Waals surface area (Å²) in [6.45, 7) is 4.21. The fourth-order valence-corrected chi connectivity index (χ4v) is 7.22. The van der Waals surface area contributed by atoms with Crippen LogP contribution in [0.4, 0.5) is 0 Å². The van der Waals surface area contributed by atoms with Gasteiger partial charge in [-0.25, -0.2) is 0 Å². The molecule has 8 N–H and O–H groups in total. The van der Waals surface area contributed by atoms with Gasteiger partial charge in [0, 0.05) is 19.4 Å². The van der Waals surface area contributed by atoms with Crippen molar-refractivity contribution in [2.75, 3.05) is 19.8 Å². The van der Waals surface area contributed by atoms with Crippen molar-refractivity contribution in [2.45, 2.75) is 243 Å². The van der Waals surface area contributed by atoms with E-state index in [1.54, 1.807) is 0 Å². The van der Waals surface area contributed by atoms with Crippen molar-refractivity contribution >= 4 is 11.8 Å². The third-order valence-electron chi connectivity index (χ3n) is 11.0.